The fourth-order valence-corrected chi connectivity index (χ4v) is 13.6. The Kier molecular flexibility index (Phi) is 16.6. The molecule has 2 aliphatic carbocycles. The van der Waals surface area contributed by atoms with Crippen LogP contribution >= 0.6 is 0 Å². The summed E-state index contributed by atoms with van der Waals surface area (Å²) in [5.74, 6) is 0. The summed E-state index contributed by atoms with van der Waals surface area (Å²) >= 11 is 0. The predicted octanol–water partition coefficient (Wildman–Crippen LogP) is 13.2. The summed E-state index contributed by atoms with van der Waals surface area (Å²) in [6.45, 7) is 16.7. The van der Waals surface area contributed by atoms with E-state index in [1.807, 2.05) is 0 Å². The molecule has 1 heteroatoms. The minimum Gasteiger partial charge on any atom is -0.0840 e. The normalized spacial score (nSPS) is 19.5. The minimum atomic E-state index is -1.49. The van der Waals surface area contributed by atoms with Crippen molar-refractivity contribution in [2.24, 2.45) is 0 Å². The van der Waals surface area contributed by atoms with Gasteiger partial charge in [-0.15, -0.1) is 0 Å². The second-order valence-electron chi connectivity index (χ2n) is 14.6. The summed E-state index contributed by atoms with van der Waals surface area (Å²) in [6.07, 6.45) is 37.8. The van der Waals surface area contributed by atoms with Crippen LogP contribution in [0.3, 0.4) is 0 Å². The molecule has 0 aromatic heterocycles. The van der Waals surface area contributed by atoms with Crippen LogP contribution in [0.25, 0.3) is 0 Å². The van der Waals surface area contributed by atoms with Gasteiger partial charge >= 0.3 is 0 Å². The molecule has 1 aromatic rings. The molecule has 0 bridgehead atoms. The number of benzene rings is 1. The summed E-state index contributed by atoms with van der Waals surface area (Å²) in [7, 11) is -1.49. The highest BCUT2D eigenvalue weighted by atomic mass is 28.3. The standard InChI is InChI=1S/C43H70Si/c1-8-11-12-13-14-15-16-17-18-19-20-21-22-23-24-26-29-43(30-27-25-28-31-43)44(42-37(6)35(4)36(5)38(42)7)41-33-39(9-2)32-40(10-3)34-41/h25,27-28,30,32-34,42,44H,8-24,26,29,31H2,1-7H3. The average Bonchev–Trinajstić information content (AvgIpc) is 3.23. The molecule has 2 unspecified atom stereocenters. The zero-order valence-corrected chi connectivity index (χ0v) is 31.5. The van der Waals surface area contributed by atoms with Crippen LogP contribution < -0.4 is 5.19 Å². The van der Waals surface area contributed by atoms with Crippen molar-refractivity contribution < 1.29 is 0 Å². The molecule has 0 nitrogen and oxygen atoms in total. The second-order valence-corrected chi connectivity index (χ2v) is 18.1. The number of hydrogen-bond acceptors (Lipinski definition) is 0. The lowest BCUT2D eigenvalue weighted by Gasteiger charge is -2.43. The first-order chi connectivity index (χ1) is 21.4. The molecule has 44 heavy (non-hydrogen) atoms. The van der Waals surface area contributed by atoms with Crippen molar-refractivity contribution in [2.45, 2.75) is 187 Å². The van der Waals surface area contributed by atoms with E-state index in [0.29, 0.717) is 10.6 Å². The molecule has 0 saturated heterocycles. The van der Waals surface area contributed by atoms with Crippen molar-refractivity contribution in [1.82, 2.24) is 0 Å². The lowest BCUT2D eigenvalue weighted by Crippen LogP contribution is -2.47. The van der Waals surface area contributed by atoms with Gasteiger partial charge in [0.1, 0.15) is 0 Å². The van der Waals surface area contributed by atoms with Crippen LogP contribution in [0.15, 0.2) is 64.8 Å². The first-order valence-electron chi connectivity index (χ1n) is 19.2. The van der Waals surface area contributed by atoms with Crippen molar-refractivity contribution >= 4 is 14.0 Å². The van der Waals surface area contributed by atoms with Gasteiger partial charge in [0.25, 0.3) is 0 Å². The Morgan fingerprint density at radius 1 is 0.591 bits per heavy atom. The molecule has 0 fully saturated rings. The number of unbranched alkanes of at least 4 members (excludes halogenated alkanes) is 15. The predicted molar refractivity (Wildman–Crippen MR) is 202 cm³/mol. The molecular formula is C43H70Si. The maximum absolute atomic E-state index is 2.70. The van der Waals surface area contributed by atoms with Gasteiger partial charge in [0, 0.05) is 0 Å². The largest absolute Gasteiger partial charge is 0.0924 e. The number of hydrogen-bond donors (Lipinski definition) is 0. The Balaban J connectivity index is 1.58. The summed E-state index contributed by atoms with van der Waals surface area (Å²) in [5, 5.41) is 2.05. The van der Waals surface area contributed by atoms with Crippen LogP contribution in [-0.4, -0.2) is 8.80 Å². The van der Waals surface area contributed by atoms with E-state index in [4.69, 9.17) is 0 Å². The van der Waals surface area contributed by atoms with E-state index in [1.54, 1.807) is 38.6 Å². The topological polar surface area (TPSA) is 0 Å². The lowest BCUT2D eigenvalue weighted by atomic mass is 9.92. The van der Waals surface area contributed by atoms with Crippen molar-refractivity contribution in [3.05, 3.63) is 75.9 Å². The Bertz CT molecular complexity index is 1070. The van der Waals surface area contributed by atoms with E-state index in [9.17, 15) is 0 Å². The minimum absolute atomic E-state index is 0.320. The van der Waals surface area contributed by atoms with E-state index in [2.05, 4.69) is 91.0 Å². The molecule has 0 saturated carbocycles. The van der Waals surface area contributed by atoms with Crippen molar-refractivity contribution in [1.29, 1.82) is 0 Å². The molecule has 0 heterocycles. The summed E-state index contributed by atoms with van der Waals surface area (Å²) in [5.41, 5.74) is 10.2. The monoisotopic (exact) mass is 615 g/mol. The third-order valence-electron chi connectivity index (χ3n) is 11.6. The van der Waals surface area contributed by atoms with Gasteiger partial charge < -0.3 is 0 Å². The lowest BCUT2D eigenvalue weighted by molar-refractivity contribution is 0.508. The molecule has 3 rings (SSSR count). The zero-order chi connectivity index (χ0) is 31.8. The van der Waals surface area contributed by atoms with Crippen LogP contribution in [0, 0.1) is 0 Å². The third kappa shape index (κ3) is 10.5. The highest BCUT2D eigenvalue weighted by molar-refractivity contribution is 6.79. The maximum Gasteiger partial charge on any atom is 0.0924 e. The van der Waals surface area contributed by atoms with Gasteiger partial charge in [-0.05, 0) is 86.2 Å². The molecule has 0 amide bonds. The average molecular weight is 615 g/mol. The fraction of sp³-hybridized carbons (Fsp3) is 0.674. The fourth-order valence-electron chi connectivity index (χ4n) is 8.37. The first kappa shape index (κ1) is 36.9. The van der Waals surface area contributed by atoms with Gasteiger partial charge in [-0.2, -0.15) is 0 Å². The molecule has 0 aliphatic heterocycles. The molecule has 0 spiro atoms. The van der Waals surface area contributed by atoms with Crippen molar-refractivity contribution in [2.75, 3.05) is 0 Å². The smallest absolute Gasteiger partial charge is 0.0840 e. The molecule has 246 valence electrons. The molecule has 0 radical (unpaired) electrons. The van der Waals surface area contributed by atoms with E-state index in [0.717, 1.165) is 12.8 Å². The van der Waals surface area contributed by atoms with Gasteiger partial charge in [0.05, 0.1) is 8.80 Å². The molecule has 1 aromatic carbocycles. The molecule has 0 N–H and O–H groups in total. The van der Waals surface area contributed by atoms with Crippen LogP contribution in [-0.2, 0) is 12.8 Å². The van der Waals surface area contributed by atoms with Crippen LogP contribution in [0.1, 0.15) is 175 Å². The zero-order valence-electron chi connectivity index (χ0n) is 30.3. The number of aryl methyl sites for hydroxylation is 2. The van der Waals surface area contributed by atoms with Crippen molar-refractivity contribution in [3.8, 4) is 0 Å². The maximum atomic E-state index is 2.70. The van der Waals surface area contributed by atoms with Gasteiger partial charge in [0.2, 0.25) is 0 Å². The Morgan fingerprint density at radius 3 is 1.45 bits per heavy atom. The SMILES string of the molecule is CCCCCCCCCCCCCCCCCCC1([SiH](c2cc(CC)cc(CC)c2)C2C(C)=C(C)C(C)=C2C)C=CC=CC1. The summed E-state index contributed by atoms with van der Waals surface area (Å²) < 4.78 is 0. The first-order valence-corrected chi connectivity index (χ1v) is 21.0. The van der Waals surface area contributed by atoms with Gasteiger partial charge in [-0.25, -0.2) is 0 Å². The Morgan fingerprint density at radius 2 is 1.05 bits per heavy atom. The van der Waals surface area contributed by atoms with Crippen LogP contribution in [0.5, 0.6) is 0 Å². The third-order valence-corrected chi connectivity index (χ3v) is 16.2. The van der Waals surface area contributed by atoms with E-state index in [1.165, 1.54) is 116 Å². The van der Waals surface area contributed by atoms with E-state index >= 15 is 0 Å². The van der Waals surface area contributed by atoms with Gasteiger partial charge in [-0.1, -0.05) is 182 Å². The van der Waals surface area contributed by atoms with Crippen LogP contribution in [0.4, 0.5) is 0 Å². The second kappa shape index (κ2) is 19.8. The highest BCUT2D eigenvalue weighted by Crippen LogP contribution is 2.54. The molecule has 2 atom stereocenters. The molecular weight excluding hydrogens is 545 g/mol. The highest BCUT2D eigenvalue weighted by Gasteiger charge is 2.46. The number of allylic oxidation sites excluding steroid dienone is 8. The Hall–Kier alpha value is -1.60. The Labute approximate surface area is 276 Å². The van der Waals surface area contributed by atoms with E-state index < -0.39 is 8.80 Å². The summed E-state index contributed by atoms with van der Waals surface area (Å²) in [4.78, 5) is 0. The van der Waals surface area contributed by atoms with E-state index in [-0.39, 0.29) is 0 Å². The quantitative estimate of drug-likeness (QED) is 0.0900. The van der Waals surface area contributed by atoms with Gasteiger partial charge in [-0.3, -0.25) is 0 Å². The van der Waals surface area contributed by atoms with Crippen molar-refractivity contribution in [3.63, 3.8) is 0 Å². The molecule has 2 aliphatic rings. The van der Waals surface area contributed by atoms with Gasteiger partial charge in [0.15, 0.2) is 0 Å². The summed E-state index contributed by atoms with van der Waals surface area (Å²) in [6, 6.07) is 7.76. The number of rotatable bonds is 22. The van der Waals surface area contributed by atoms with Crippen LogP contribution in [0.2, 0.25) is 10.6 Å².